The Balaban J connectivity index is 2.19. The summed E-state index contributed by atoms with van der Waals surface area (Å²) in [7, 11) is 0. The third-order valence-corrected chi connectivity index (χ3v) is 2.77. The molecule has 4 nitrogen and oxygen atoms in total. The molecule has 0 aromatic rings. The SMILES string of the molecule is CC(CC(=O)O)CC(=O)NC(C)C1CC1. The van der Waals surface area contributed by atoms with E-state index in [0.29, 0.717) is 12.3 Å². The van der Waals surface area contributed by atoms with Crippen LogP contribution in [0.15, 0.2) is 0 Å². The van der Waals surface area contributed by atoms with Gasteiger partial charge in [0.05, 0.1) is 0 Å². The third-order valence-electron chi connectivity index (χ3n) is 2.77. The maximum absolute atomic E-state index is 11.5. The van der Waals surface area contributed by atoms with Gasteiger partial charge in [0, 0.05) is 18.9 Å². The van der Waals surface area contributed by atoms with Gasteiger partial charge in [0.2, 0.25) is 5.91 Å². The minimum Gasteiger partial charge on any atom is -0.481 e. The van der Waals surface area contributed by atoms with Crippen molar-refractivity contribution in [1.82, 2.24) is 5.32 Å². The first-order valence-electron chi connectivity index (χ1n) is 5.50. The molecule has 1 aliphatic rings. The van der Waals surface area contributed by atoms with Crippen molar-refractivity contribution in [2.24, 2.45) is 11.8 Å². The van der Waals surface area contributed by atoms with Gasteiger partial charge in [0.1, 0.15) is 0 Å². The second kappa shape index (κ2) is 5.14. The summed E-state index contributed by atoms with van der Waals surface area (Å²) < 4.78 is 0. The average Bonchev–Trinajstić information content (AvgIpc) is 2.82. The van der Waals surface area contributed by atoms with E-state index < -0.39 is 5.97 Å². The average molecular weight is 213 g/mol. The lowest BCUT2D eigenvalue weighted by Crippen LogP contribution is -2.34. The Morgan fingerprint density at radius 2 is 1.93 bits per heavy atom. The molecule has 1 amide bonds. The molecular weight excluding hydrogens is 194 g/mol. The van der Waals surface area contributed by atoms with Crippen LogP contribution in [0.25, 0.3) is 0 Å². The second-order valence-corrected chi connectivity index (χ2v) is 4.60. The fourth-order valence-corrected chi connectivity index (χ4v) is 1.71. The van der Waals surface area contributed by atoms with Gasteiger partial charge in [-0.3, -0.25) is 9.59 Å². The molecule has 0 heterocycles. The zero-order valence-corrected chi connectivity index (χ0v) is 9.32. The number of hydrogen-bond donors (Lipinski definition) is 2. The molecule has 86 valence electrons. The molecule has 0 bridgehead atoms. The second-order valence-electron chi connectivity index (χ2n) is 4.60. The highest BCUT2D eigenvalue weighted by Gasteiger charge is 2.29. The molecule has 0 radical (unpaired) electrons. The number of nitrogens with one attached hydrogen (secondary N) is 1. The van der Waals surface area contributed by atoms with Gasteiger partial charge >= 0.3 is 5.97 Å². The van der Waals surface area contributed by atoms with Crippen molar-refractivity contribution < 1.29 is 14.7 Å². The highest BCUT2D eigenvalue weighted by molar-refractivity contribution is 5.77. The molecule has 1 aliphatic carbocycles. The standard InChI is InChI=1S/C11H19NO3/c1-7(6-11(14)15)5-10(13)12-8(2)9-3-4-9/h7-9H,3-6H2,1-2H3,(H,12,13)(H,14,15). The van der Waals surface area contributed by atoms with Gasteiger partial charge in [-0.05, 0) is 31.6 Å². The zero-order chi connectivity index (χ0) is 11.4. The van der Waals surface area contributed by atoms with E-state index in [1.54, 1.807) is 6.92 Å². The summed E-state index contributed by atoms with van der Waals surface area (Å²) >= 11 is 0. The molecule has 2 N–H and O–H groups in total. The Bertz CT molecular complexity index is 248. The van der Waals surface area contributed by atoms with Crippen LogP contribution in [0.5, 0.6) is 0 Å². The summed E-state index contributed by atoms with van der Waals surface area (Å²) in [5.74, 6) is -0.314. The van der Waals surface area contributed by atoms with Crippen LogP contribution in [-0.4, -0.2) is 23.0 Å². The van der Waals surface area contributed by atoms with Gasteiger partial charge in [0.15, 0.2) is 0 Å². The van der Waals surface area contributed by atoms with E-state index in [1.807, 2.05) is 6.92 Å². The molecule has 2 atom stereocenters. The lowest BCUT2D eigenvalue weighted by Gasteiger charge is -2.14. The number of aliphatic carboxylic acids is 1. The first kappa shape index (κ1) is 12.0. The van der Waals surface area contributed by atoms with Crippen LogP contribution in [0.3, 0.4) is 0 Å². The fraction of sp³-hybridized carbons (Fsp3) is 0.818. The molecule has 1 rings (SSSR count). The lowest BCUT2D eigenvalue weighted by atomic mass is 10.0. The topological polar surface area (TPSA) is 66.4 Å². The number of carboxylic acid groups (broad SMARTS) is 1. The number of carbonyl (C=O) groups is 2. The van der Waals surface area contributed by atoms with E-state index in [9.17, 15) is 9.59 Å². The molecular formula is C11H19NO3. The monoisotopic (exact) mass is 213 g/mol. The predicted octanol–water partition coefficient (Wildman–Crippen LogP) is 1.40. The van der Waals surface area contributed by atoms with Gasteiger partial charge in [0.25, 0.3) is 0 Å². The Morgan fingerprint density at radius 3 is 2.40 bits per heavy atom. The van der Waals surface area contributed by atoms with Crippen molar-refractivity contribution in [3.63, 3.8) is 0 Å². The van der Waals surface area contributed by atoms with Gasteiger partial charge in [-0.25, -0.2) is 0 Å². The Labute approximate surface area is 90.0 Å². The van der Waals surface area contributed by atoms with Crippen LogP contribution >= 0.6 is 0 Å². The van der Waals surface area contributed by atoms with Crippen LogP contribution in [0.1, 0.15) is 39.5 Å². The van der Waals surface area contributed by atoms with Gasteiger partial charge in [-0.1, -0.05) is 6.92 Å². The maximum atomic E-state index is 11.5. The van der Waals surface area contributed by atoms with E-state index in [0.717, 1.165) is 0 Å². The highest BCUT2D eigenvalue weighted by atomic mass is 16.4. The number of hydrogen-bond acceptors (Lipinski definition) is 2. The van der Waals surface area contributed by atoms with E-state index >= 15 is 0 Å². The number of carboxylic acids is 1. The van der Waals surface area contributed by atoms with Crippen LogP contribution in [0.2, 0.25) is 0 Å². The van der Waals surface area contributed by atoms with E-state index in [1.165, 1.54) is 12.8 Å². The first-order valence-corrected chi connectivity index (χ1v) is 5.50. The van der Waals surface area contributed by atoms with Crippen LogP contribution in [0, 0.1) is 11.8 Å². The van der Waals surface area contributed by atoms with E-state index in [4.69, 9.17) is 5.11 Å². The maximum Gasteiger partial charge on any atom is 0.303 e. The molecule has 15 heavy (non-hydrogen) atoms. The van der Waals surface area contributed by atoms with Crippen molar-refractivity contribution in [3.8, 4) is 0 Å². The van der Waals surface area contributed by atoms with Gasteiger partial charge in [-0.2, -0.15) is 0 Å². The van der Waals surface area contributed by atoms with Gasteiger partial charge < -0.3 is 10.4 Å². The Hall–Kier alpha value is -1.06. The van der Waals surface area contributed by atoms with Crippen LogP contribution in [-0.2, 0) is 9.59 Å². The molecule has 0 aromatic heterocycles. The van der Waals surface area contributed by atoms with Crippen molar-refractivity contribution in [2.45, 2.75) is 45.6 Å². The smallest absolute Gasteiger partial charge is 0.303 e. The normalized spacial score (nSPS) is 19.3. The molecule has 2 unspecified atom stereocenters. The third kappa shape index (κ3) is 4.81. The Kier molecular flexibility index (Phi) is 4.12. The lowest BCUT2D eigenvalue weighted by molar-refractivity contribution is -0.138. The molecule has 1 fully saturated rings. The van der Waals surface area contributed by atoms with E-state index in [-0.39, 0.29) is 24.3 Å². The molecule has 0 saturated heterocycles. The molecule has 0 aliphatic heterocycles. The quantitative estimate of drug-likeness (QED) is 0.701. The summed E-state index contributed by atoms with van der Waals surface area (Å²) in [6.07, 6.45) is 2.77. The summed E-state index contributed by atoms with van der Waals surface area (Å²) in [5.41, 5.74) is 0. The minimum atomic E-state index is -0.842. The van der Waals surface area contributed by atoms with Crippen molar-refractivity contribution >= 4 is 11.9 Å². The molecule has 1 saturated carbocycles. The molecule has 4 heteroatoms. The number of amides is 1. The molecule has 0 aromatic carbocycles. The van der Waals surface area contributed by atoms with Crippen molar-refractivity contribution in [3.05, 3.63) is 0 Å². The summed E-state index contributed by atoms with van der Waals surface area (Å²) in [6.45, 7) is 3.80. The number of rotatable bonds is 6. The van der Waals surface area contributed by atoms with Crippen molar-refractivity contribution in [1.29, 1.82) is 0 Å². The fourth-order valence-electron chi connectivity index (χ4n) is 1.71. The summed E-state index contributed by atoms with van der Waals surface area (Å²) in [4.78, 5) is 21.9. The summed E-state index contributed by atoms with van der Waals surface area (Å²) in [6, 6.07) is 0.245. The minimum absolute atomic E-state index is 0.0249. The van der Waals surface area contributed by atoms with Crippen LogP contribution < -0.4 is 5.32 Å². The highest BCUT2D eigenvalue weighted by Crippen LogP contribution is 2.32. The molecule has 0 spiro atoms. The first-order chi connectivity index (χ1) is 6.99. The van der Waals surface area contributed by atoms with Gasteiger partial charge in [-0.15, -0.1) is 0 Å². The largest absolute Gasteiger partial charge is 0.481 e. The zero-order valence-electron chi connectivity index (χ0n) is 9.32. The summed E-state index contributed by atoms with van der Waals surface area (Å²) in [5, 5.41) is 11.5. The van der Waals surface area contributed by atoms with Crippen molar-refractivity contribution in [2.75, 3.05) is 0 Å². The van der Waals surface area contributed by atoms with Crippen LogP contribution in [0.4, 0.5) is 0 Å². The Morgan fingerprint density at radius 1 is 1.33 bits per heavy atom. The van der Waals surface area contributed by atoms with E-state index in [2.05, 4.69) is 5.32 Å². The predicted molar refractivity (Wildman–Crippen MR) is 56.4 cm³/mol. The number of carbonyl (C=O) groups excluding carboxylic acids is 1.